The fourth-order valence-electron chi connectivity index (χ4n) is 1.10. The molecule has 0 aliphatic carbocycles. The summed E-state index contributed by atoms with van der Waals surface area (Å²) in [7, 11) is 0. The molecule has 0 fully saturated rings. The molecule has 0 heterocycles. The number of rotatable bonds is 3. The molecule has 0 unspecified atom stereocenters. The molecule has 0 spiro atoms. The quantitative estimate of drug-likeness (QED) is 0.864. The van der Waals surface area contributed by atoms with Crippen LogP contribution in [-0.4, -0.2) is 23.6 Å². The molecule has 0 aliphatic rings. The van der Waals surface area contributed by atoms with Gasteiger partial charge in [0.2, 0.25) is 0 Å². The Kier molecular flexibility index (Phi) is 4.34. The van der Waals surface area contributed by atoms with Gasteiger partial charge in [0.15, 0.2) is 0 Å². The highest BCUT2D eigenvalue weighted by Gasteiger charge is 2.15. The number of hydrogen-bond donors (Lipinski definition) is 1. The van der Waals surface area contributed by atoms with E-state index in [9.17, 15) is 4.79 Å². The van der Waals surface area contributed by atoms with Gasteiger partial charge in [-0.15, -0.1) is 23.5 Å². The molecule has 0 bridgehead atoms. The smallest absolute Gasteiger partial charge is 0.336 e. The van der Waals surface area contributed by atoms with E-state index in [-0.39, 0.29) is 0 Å². The lowest BCUT2D eigenvalue weighted by atomic mass is 10.2. The molecular formula is C9H9BrO2S2. The topological polar surface area (TPSA) is 37.3 Å². The lowest BCUT2D eigenvalue weighted by Gasteiger charge is -2.09. The Balaban J connectivity index is 3.40. The highest BCUT2D eigenvalue weighted by atomic mass is 79.9. The molecular weight excluding hydrogens is 284 g/mol. The first-order chi connectivity index (χ1) is 6.61. The molecule has 76 valence electrons. The van der Waals surface area contributed by atoms with E-state index in [0.29, 0.717) is 5.56 Å². The fourth-order valence-corrected chi connectivity index (χ4v) is 3.78. The van der Waals surface area contributed by atoms with Crippen molar-refractivity contribution in [1.29, 1.82) is 0 Å². The summed E-state index contributed by atoms with van der Waals surface area (Å²) in [6, 6.07) is 3.40. The summed E-state index contributed by atoms with van der Waals surface area (Å²) in [6.45, 7) is 0. The van der Waals surface area contributed by atoms with E-state index in [1.807, 2.05) is 12.5 Å². The fraction of sp³-hybridized carbons (Fsp3) is 0.222. The predicted molar refractivity (Wildman–Crippen MR) is 64.7 cm³/mol. The van der Waals surface area contributed by atoms with Crippen LogP contribution in [0.3, 0.4) is 0 Å². The molecule has 0 radical (unpaired) electrons. The van der Waals surface area contributed by atoms with Gasteiger partial charge < -0.3 is 5.11 Å². The van der Waals surface area contributed by atoms with Crippen molar-refractivity contribution in [2.24, 2.45) is 0 Å². The zero-order chi connectivity index (χ0) is 10.7. The van der Waals surface area contributed by atoms with Gasteiger partial charge in [-0.3, -0.25) is 0 Å². The van der Waals surface area contributed by atoms with Crippen LogP contribution in [0.25, 0.3) is 0 Å². The maximum atomic E-state index is 10.9. The second-order valence-electron chi connectivity index (χ2n) is 2.47. The third-order valence-electron chi connectivity index (χ3n) is 1.70. The third kappa shape index (κ3) is 2.27. The first-order valence-corrected chi connectivity index (χ1v) is 6.99. The maximum Gasteiger partial charge on any atom is 0.336 e. The molecule has 0 saturated heterocycles. The standard InChI is InChI=1S/C9H9BrO2S2/c1-13-7-5(9(11)12)3-4-6(10)8(7)14-2/h3-4H,1-2H3,(H,11,12). The summed E-state index contributed by atoms with van der Waals surface area (Å²) in [6.07, 6.45) is 3.82. The van der Waals surface area contributed by atoms with Gasteiger partial charge >= 0.3 is 5.97 Å². The van der Waals surface area contributed by atoms with Crippen LogP contribution in [-0.2, 0) is 0 Å². The highest BCUT2D eigenvalue weighted by Crippen LogP contribution is 2.37. The molecule has 14 heavy (non-hydrogen) atoms. The Bertz CT molecular complexity index is 366. The zero-order valence-electron chi connectivity index (χ0n) is 7.70. The van der Waals surface area contributed by atoms with E-state index in [4.69, 9.17) is 5.11 Å². The lowest BCUT2D eigenvalue weighted by molar-refractivity contribution is 0.0692. The van der Waals surface area contributed by atoms with Gasteiger partial charge in [-0.1, -0.05) is 0 Å². The number of carboxylic acid groups (broad SMARTS) is 1. The molecule has 1 aromatic rings. The minimum atomic E-state index is -0.878. The minimum Gasteiger partial charge on any atom is -0.478 e. The number of carbonyl (C=O) groups is 1. The van der Waals surface area contributed by atoms with Crippen LogP contribution in [0.4, 0.5) is 0 Å². The van der Waals surface area contributed by atoms with Crippen molar-refractivity contribution in [2.45, 2.75) is 9.79 Å². The van der Waals surface area contributed by atoms with Crippen molar-refractivity contribution in [2.75, 3.05) is 12.5 Å². The molecule has 1 aromatic carbocycles. The summed E-state index contributed by atoms with van der Waals surface area (Å²) in [4.78, 5) is 12.7. The summed E-state index contributed by atoms with van der Waals surface area (Å²) in [5.41, 5.74) is 0.366. The minimum absolute atomic E-state index is 0.366. The molecule has 0 saturated carbocycles. The van der Waals surface area contributed by atoms with Gasteiger partial charge in [0, 0.05) is 14.3 Å². The van der Waals surface area contributed by atoms with E-state index in [1.165, 1.54) is 11.8 Å². The molecule has 1 N–H and O–H groups in total. The third-order valence-corrected chi connectivity index (χ3v) is 4.42. The summed E-state index contributed by atoms with van der Waals surface area (Å²) >= 11 is 6.41. The van der Waals surface area contributed by atoms with E-state index in [2.05, 4.69) is 15.9 Å². The summed E-state index contributed by atoms with van der Waals surface area (Å²) in [5.74, 6) is -0.878. The second kappa shape index (κ2) is 5.09. The van der Waals surface area contributed by atoms with Crippen molar-refractivity contribution in [3.63, 3.8) is 0 Å². The molecule has 0 amide bonds. The van der Waals surface area contributed by atoms with Crippen LogP contribution in [0.1, 0.15) is 10.4 Å². The molecule has 0 aromatic heterocycles. The van der Waals surface area contributed by atoms with Crippen LogP contribution in [0.15, 0.2) is 26.4 Å². The van der Waals surface area contributed by atoms with Gasteiger partial charge in [-0.05, 0) is 40.6 Å². The normalized spacial score (nSPS) is 10.2. The van der Waals surface area contributed by atoms with E-state index < -0.39 is 5.97 Å². The molecule has 0 atom stereocenters. The average molecular weight is 293 g/mol. The molecule has 5 heteroatoms. The van der Waals surface area contributed by atoms with E-state index in [0.717, 1.165) is 14.3 Å². The van der Waals surface area contributed by atoms with Crippen LogP contribution in [0.2, 0.25) is 0 Å². The lowest BCUT2D eigenvalue weighted by Crippen LogP contribution is -2.00. The molecule has 0 aliphatic heterocycles. The second-order valence-corrected chi connectivity index (χ2v) is 4.95. The summed E-state index contributed by atoms with van der Waals surface area (Å²) < 4.78 is 0.944. The van der Waals surface area contributed by atoms with Crippen molar-refractivity contribution < 1.29 is 9.90 Å². The van der Waals surface area contributed by atoms with Gasteiger partial charge in [0.05, 0.1) is 5.56 Å². The Labute approximate surface area is 99.6 Å². The number of hydrogen-bond acceptors (Lipinski definition) is 3. The van der Waals surface area contributed by atoms with E-state index in [1.54, 1.807) is 23.9 Å². The van der Waals surface area contributed by atoms with E-state index >= 15 is 0 Å². The van der Waals surface area contributed by atoms with Gasteiger partial charge in [0.25, 0.3) is 0 Å². The van der Waals surface area contributed by atoms with Crippen molar-refractivity contribution >= 4 is 45.4 Å². The van der Waals surface area contributed by atoms with Crippen LogP contribution < -0.4 is 0 Å². The number of benzene rings is 1. The van der Waals surface area contributed by atoms with Crippen LogP contribution >= 0.6 is 39.5 Å². The number of carboxylic acids is 1. The summed E-state index contributed by atoms with van der Waals surface area (Å²) in [5, 5.41) is 8.97. The highest BCUT2D eigenvalue weighted by molar-refractivity contribution is 9.10. The zero-order valence-corrected chi connectivity index (χ0v) is 10.9. The largest absolute Gasteiger partial charge is 0.478 e. The first kappa shape index (κ1) is 11.9. The van der Waals surface area contributed by atoms with Crippen molar-refractivity contribution in [3.8, 4) is 0 Å². The number of halogens is 1. The maximum absolute atomic E-state index is 10.9. The monoisotopic (exact) mass is 292 g/mol. The first-order valence-electron chi connectivity index (χ1n) is 3.75. The average Bonchev–Trinajstić information content (AvgIpc) is 2.16. The van der Waals surface area contributed by atoms with Gasteiger partial charge in [0.1, 0.15) is 0 Å². The Morgan fingerprint density at radius 3 is 2.29 bits per heavy atom. The van der Waals surface area contributed by atoms with Crippen molar-refractivity contribution in [1.82, 2.24) is 0 Å². The van der Waals surface area contributed by atoms with Gasteiger partial charge in [-0.2, -0.15) is 0 Å². The van der Waals surface area contributed by atoms with Crippen LogP contribution in [0.5, 0.6) is 0 Å². The van der Waals surface area contributed by atoms with Crippen LogP contribution in [0, 0.1) is 0 Å². The SMILES string of the molecule is CSc1c(Br)ccc(C(=O)O)c1SC. The Morgan fingerprint density at radius 2 is 1.86 bits per heavy atom. The van der Waals surface area contributed by atoms with Crippen molar-refractivity contribution in [3.05, 3.63) is 22.2 Å². The van der Waals surface area contributed by atoms with Gasteiger partial charge in [-0.25, -0.2) is 4.79 Å². The predicted octanol–water partition coefficient (Wildman–Crippen LogP) is 3.59. The molecule has 2 nitrogen and oxygen atoms in total. The number of thioether (sulfide) groups is 2. The number of aromatic carboxylic acids is 1. The Hall–Kier alpha value is -0.130. The molecule has 1 rings (SSSR count). The Morgan fingerprint density at radius 1 is 1.29 bits per heavy atom.